The lowest BCUT2D eigenvalue weighted by Gasteiger charge is -2.23. The van der Waals surface area contributed by atoms with E-state index in [4.69, 9.17) is 4.74 Å². The Bertz CT molecular complexity index is 381. The maximum atomic E-state index is 5.36. The molecule has 1 aliphatic rings. The summed E-state index contributed by atoms with van der Waals surface area (Å²) in [7, 11) is 1.74. The van der Waals surface area contributed by atoms with Gasteiger partial charge in [-0.15, -0.1) is 0 Å². The van der Waals surface area contributed by atoms with Gasteiger partial charge in [-0.2, -0.15) is 0 Å². The van der Waals surface area contributed by atoms with Crippen LogP contribution in [0.5, 0.6) is 5.75 Å². The number of methoxy groups -OCH3 is 1. The van der Waals surface area contributed by atoms with E-state index in [1.165, 1.54) is 49.0 Å². The van der Waals surface area contributed by atoms with Gasteiger partial charge in [-0.3, -0.25) is 0 Å². The molecule has 2 rings (SSSR count). The predicted molar refractivity (Wildman–Crippen MR) is 71.8 cm³/mol. The van der Waals surface area contributed by atoms with Crippen LogP contribution in [0, 0.1) is 19.8 Å². The third-order valence-corrected chi connectivity index (χ3v) is 3.76. The number of nitrogens with one attached hydrogen (secondary N) is 1. The van der Waals surface area contributed by atoms with Crippen molar-refractivity contribution < 1.29 is 4.74 Å². The van der Waals surface area contributed by atoms with E-state index >= 15 is 0 Å². The van der Waals surface area contributed by atoms with Crippen molar-refractivity contribution in [2.24, 2.45) is 5.92 Å². The summed E-state index contributed by atoms with van der Waals surface area (Å²) in [5.41, 5.74) is 4.09. The van der Waals surface area contributed by atoms with Crippen LogP contribution in [0.25, 0.3) is 0 Å². The molecule has 0 radical (unpaired) electrons. The van der Waals surface area contributed by atoms with Crippen molar-refractivity contribution in [2.75, 3.05) is 20.2 Å². The zero-order valence-corrected chi connectivity index (χ0v) is 11.2. The third-order valence-electron chi connectivity index (χ3n) is 3.76. The van der Waals surface area contributed by atoms with Gasteiger partial charge in [-0.1, -0.05) is 6.07 Å². The van der Waals surface area contributed by atoms with Gasteiger partial charge in [0.25, 0.3) is 0 Å². The molecule has 1 heterocycles. The lowest BCUT2D eigenvalue weighted by atomic mass is 9.89. The van der Waals surface area contributed by atoms with Crippen LogP contribution in [-0.2, 0) is 6.42 Å². The fourth-order valence-electron chi connectivity index (χ4n) is 2.70. The molecule has 0 amide bonds. The first-order chi connectivity index (χ1) is 8.20. The molecular weight excluding hydrogens is 210 g/mol. The van der Waals surface area contributed by atoms with E-state index in [2.05, 4.69) is 31.3 Å². The molecule has 1 aromatic rings. The van der Waals surface area contributed by atoms with Gasteiger partial charge in [0.2, 0.25) is 0 Å². The molecule has 1 saturated heterocycles. The Morgan fingerprint density at radius 1 is 1.29 bits per heavy atom. The van der Waals surface area contributed by atoms with Gasteiger partial charge in [-0.25, -0.2) is 0 Å². The number of hydrogen-bond donors (Lipinski definition) is 1. The maximum Gasteiger partial charge on any atom is 0.122 e. The van der Waals surface area contributed by atoms with Crippen LogP contribution < -0.4 is 10.1 Å². The Morgan fingerprint density at radius 2 is 2.12 bits per heavy atom. The Kier molecular flexibility index (Phi) is 4.06. The molecule has 1 atom stereocenters. The molecule has 0 spiro atoms. The summed E-state index contributed by atoms with van der Waals surface area (Å²) in [6, 6.07) is 4.46. The second-order valence-electron chi connectivity index (χ2n) is 5.16. The summed E-state index contributed by atoms with van der Waals surface area (Å²) < 4.78 is 5.36. The van der Waals surface area contributed by atoms with E-state index in [9.17, 15) is 0 Å². The van der Waals surface area contributed by atoms with Crippen LogP contribution >= 0.6 is 0 Å². The smallest absolute Gasteiger partial charge is 0.122 e. The van der Waals surface area contributed by atoms with Gasteiger partial charge in [0.15, 0.2) is 0 Å². The molecule has 1 aromatic carbocycles. The zero-order chi connectivity index (χ0) is 12.3. The van der Waals surface area contributed by atoms with Gasteiger partial charge in [0, 0.05) is 0 Å². The first-order valence-electron chi connectivity index (χ1n) is 6.55. The molecule has 1 unspecified atom stereocenters. The first-order valence-corrected chi connectivity index (χ1v) is 6.55. The molecule has 0 aliphatic carbocycles. The van der Waals surface area contributed by atoms with Crippen molar-refractivity contribution in [1.29, 1.82) is 0 Å². The van der Waals surface area contributed by atoms with Crippen molar-refractivity contribution in [1.82, 2.24) is 5.32 Å². The monoisotopic (exact) mass is 233 g/mol. The summed E-state index contributed by atoms with van der Waals surface area (Å²) in [4.78, 5) is 0. The van der Waals surface area contributed by atoms with Crippen molar-refractivity contribution >= 4 is 0 Å². The number of aryl methyl sites for hydroxylation is 2. The highest BCUT2D eigenvalue weighted by molar-refractivity contribution is 5.41. The number of piperidine rings is 1. The number of benzene rings is 1. The minimum Gasteiger partial charge on any atom is -0.496 e. The Labute approximate surface area is 104 Å². The summed E-state index contributed by atoms with van der Waals surface area (Å²) in [5.74, 6) is 1.81. The fraction of sp³-hybridized carbons (Fsp3) is 0.600. The minimum absolute atomic E-state index is 0.801. The normalized spacial score (nSPS) is 20.3. The molecular formula is C15H23NO. The van der Waals surface area contributed by atoms with Gasteiger partial charge in [0.1, 0.15) is 5.75 Å². The van der Waals surface area contributed by atoms with Crippen LogP contribution in [0.4, 0.5) is 0 Å². The highest BCUT2D eigenvalue weighted by atomic mass is 16.5. The van der Waals surface area contributed by atoms with Crippen LogP contribution in [0.1, 0.15) is 29.5 Å². The van der Waals surface area contributed by atoms with Crippen molar-refractivity contribution in [3.63, 3.8) is 0 Å². The first kappa shape index (κ1) is 12.4. The van der Waals surface area contributed by atoms with E-state index in [0.29, 0.717) is 0 Å². The average molecular weight is 233 g/mol. The molecule has 94 valence electrons. The predicted octanol–water partition coefficient (Wildman–Crippen LogP) is 2.85. The number of ether oxygens (including phenoxy) is 1. The lowest BCUT2D eigenvalue weighted by Crippen LogP contribution is -2.31. The minimum atomic E-state index is 0.801. The Morgan fingerprint density at radius 3 is 2.76 bits per heavy atom. The topological polar surface area (TPSA) is 21.3 Å². The Hall–Kier alpha value is -1.02. The number of hydrogen-bond acceptors (Lipinski definition) is 2. The fourth-order valence-corrected chi connectivity index (χ4v) is 2.70. The van der Waals surface area contributed by atoms with Gasteiger partial charge in [0.05, 0.1) is 7.11 Å². The lowest BCUT2D eigenvalue weighted by molar-refractivity contribution is 0.375. The molecule has 2 nitrogen and oxygen atoms in total. The van der Waals surface area contributed by atoms with Gasteiger partial charge < -0.3 is 10.1 Å². The summed E-state index contributed by atoms with van der Waals surface area (Å²) in [5, 5.41) is 3.49. The molecule has 2 heteroatoms. The largest absolute Gasteiger partial charge is 0.496 e. The van der Waals surface area contributed by atoms with Crippen molar-refractivity contribution in [3.05, 3.63) is 28.8 Å². The highest BCUT2D eigenvalue weighted by Gasteiger charge is 2.15. The summed E-state index contributed by atoms with van der Waals surface area (Å²) in [6.07, 6.45) is 3.88. The second-order valence-corrected chi connectivity index (χ2v) is 5.16. The van der Waals surface area contributed by atoms with Crippen LogP contribution in [0.15, 0.2) is 12.1 Å². The zero-order valence-electron chi connectivity index (χ0n) is 11.2. The second kappa shape index (κ2) is 5.54. The average Bonchev–Trinajstić information content (AvgIpc) is 2.34. The van der Waals surface area contributed by atoms with Crippen LogP contribution in [0.3, 0.4) is 0 Å². The highest BCUT2D eigenvalue weighted by Crippen LogP contribution is 2.25. The third kappa shape index (κ3) is 3.01. The molecule has 0 aromatic heterocycles. The SMILES string of the molecule is COc1cc(C)c(CC2CCCNC2)cc1C. The molecule has 17 heavy (non-hydrogen) atoms. The molecule has 1 aliphatic heterocycles. The van der Waals surface area contributed by atoms with E-state index in [-0.39, 0.29) is 0 Å². The standard InChI is InChI=1S/C15H23NO/c1-11-8-15(17-3)12(2)7-14(11)9-13-5-4-6-16-10-13/h7-8,13,16H,4-6,9-10H2,1-3H3. The van der Waals surface area contributed by atoms with Crippen LogP contribution in [-0.4, -0.2) is 20.2 Å². The van der Waals surface area contributed by atoms with Crippen LogP contribution in [0.2, 0.25) is 0 Å². The summed E-state index contributed by atoms with van der Waals surface area (Å²) in [6.45, 7) is 6.68. The van der Waals surface area contributed by atoms with Gasteiger partial charge in [-0.05, 0) is 74.9 Å². The molecule has 1 fully saturated rings. The quantitative estimate of drug-likeness (QED) is 0.867. The maximum absolute atomic E-state index is 5.36. The number of rotatable bonds is 3. The Balaban J connectivity index is 2.12. The molecule has 1 N–H and O–H groups in total. The van der Waals surface area contributed by atoms with E-state index < -0.39 is 0 Å². The van der Waals surface area contributed by atoms with Gasteiger partial charge >= 0.3 is 0 Å². The molecule has 0 saturated carbocycles. The summed E-state index contributed by atoms with van der Waals surface area (Å²) >= 11 is 0. The molecule has 0 bridgehead atoms. The van der Waals surface area contributed by atoms with E-state index in [0.717, 1.165) is 11.7 Å². The van der Waals surface area contributed by atoms with E-state index in [1.54, 1.807) is 7.11 Å². The van der Waals surface area contributed by atoms with Crippen molar-refractivity contribution in [3.8, 4) is 5.75 Å². The van der Waals surface area contributed by atoms with Crippen molar-refractivity contribution in [2.45, 2.75) is 33.1 Å². The van der Waals surface area contributed by atoms with E-state index in [1.807, 2.05) is 0 Å².